The third-order valence-electron chi connectivity index (χ3n) is 5.36. The van der Waals surface area contributed by atoms with E-state index < -0.39 is 23.4 Å². The Bertz CT molecular complexity index is 1190. The molecule has 1 fully saturated rings. The number of aromatic nitrogens is 2. The molecule has 4 amide bonds. The van der Waals surface area contributed by atoms with Gasteiger partial charge in [0.2, 0.25) is 5.91 Å². The SMILES string of the molecule is CCC1(c2ccccc2)NC(=O)N(NC(=O)CSc2nc(C)cc(-c3ccccc3)n2)C1=O. The Morgan fingerprint density at radius 3 is 2.39 bits per heavy atom. The minimum absolute atomic E-state index is 0.0563. The maximum Gasteiger partial charge on any atom is 0.344 e. The Kier molecular flexibility index (Phi) is 6.41. The van der Waals surface area contributed by atoms with Gasteiger partial charge in [0.05, 0.1) is 11.4 Å². The molecule has 3 aromatic rings. The highest BCUT2D eigenvalue weighted by Crippen LogP contribution is 2.31. The van der Waals surface area contributed by atoms with Gasteiger partial charge >= 0.3 is 6.03 Å². The van der Waals surface area contributed by atoms with Gasteiger partial charge in [-0.1, -0.05) is 79.3 Å². The highest BCUT2D eigenvalue weighted by atomic mass is 32.2. The lowest BCUT2D eigenvalue weighted by molar-refractivity contribution is -0.138. The summed E-state index contributed by atoms with van der Waals surface area (Å²) in [5, 5.41) is 3.93. The molecule has 1 aliphatic heterocycles. The molecule has 1 aromatic heterocycles. The second kappa shape index (κ2) is 9.41. The number of aryl methyl sites for hydroxylation is 1. The molecule has 168 valence electrons. The van der Waals surface area contributed by atoms with E-state index in [2.05, 4.69) is 20.7 Å². The number of hydrogen-bond acceptors (Lipinski definition) is 6. The third kappa shape index (κ3) is 4.58. The Morgan fingerprint density at radius 1 is 1.06 bits per heavy atom. The van der Waals surface area contributed by atoms with E-state index >= 15 is 0 Å². The summed E-state index contributed by atoms with van der Waals surface area (Å²) in [5.41, 5.74) is 4.37. The number of benzene rings is 2. The van der Waals surface area contributed by atoms with Crippen molar-refractivity contribution in [2.75, 3.05) is 5.75 Å². The van der Waals surface area contributed by atoms with Crippen molar-refractivity contribution in [1.82, 2.24) is 25.7 Å². The maximum absolute atomic E-state index is 13.1. The summed E-state index contributed by atoms with van der Waals surface area (Å²) in [4.78, 5) is 47.1. The minimum Gasteiger partial charge on any atom is -0.318 e. The van der Waals surface area contributed by atoms with E-state index in [1.54, 1.807) is 24.3 Å². The van der Waals surface area contributed by atoms with Gasteiger partial charge in [-0.25, -0.2) is 14.8 Å². The topological polar surface area (TPSA) is 104 Å². The minimum atomic E-state index is -1.21. The van der Waals surface area contributed by atoms with Crippen molar-refractivity contribution in [2.24, 2.45) is 0 Å². The number of hydrazine groups is 1. The molecule has 8 nitrogen and oxygen atoms in total. The van der Waals surface area contributed by atoms with E-state index in [1.165, 1.54) is 0 Å². The molecule has 0 radical (unpaired) electrons. The van der Waals surface area contributed by atoms with Crippen LogP contribution in [0.5, 0.6) is 0 Å². The highest BCUT2D eigenvalue weighted by Gasteiger charge is 2.52. The predicted molar refractivity (Wildman–Crippen MR) is 125 cm³/mol. The Hall–Kier alpha value is -3.72. The molecule has 0 spiro atoms. The summed E-state index contributed by atoms with van der Waals surface area (Å²) < 4.78 is 0. The lowest BCUT2D eigenvalue weighted by Crippen LogP contribution is -2.49. The van der Waals surface area contributed by atoms with Gasteiger partial charge in [0.25, 0.3) is 5.91 Å². The average molecular weight is 462 g/mol. The van der Waals surface area contributed by atoms with Crippen LogP contribution in [0.15, 0.2) is 71.9 Å². The number of imide groups is 1. The molecular weight excluding hydrogens is 438 g/mol. The molecule has 1 aliphatic rings. The number of hydrogen-bond donors (Lipinski definition) is 2. The molecule has 0 bridgehead atoms. The van der Waals surface area contributed by atoms with E-state index in [-0.39, 0.29) is 5.75 Å². The number of carbonyl (C=O) groups excluding carboxylic acids is 3. The zero-order valence-corrected chi connectivity index (χ0v) is 19.1. The predicted octanol–water partition coefficient (Wildman–Crippen LogP) is 3.43. The van der Waals surface area contributed by atoms with Crippen LogP contribution in [0.2, 0.25) is 0 Å². The normalized spacial score (nSPS) is 17.7. The average Bonchev–Trinajstić information content (AvgIpc) is 3.08. The number of nitrogens with one attached hydrogen (secondary N) is 2. The van der Waals surface area contributed by atoms with Crippen LogP contribution in [0, 0.1) is 6.92 Å². The van der Waals surface area contributed by atoms with Crippen molar-refractivity contribution in [3.05, 3.63) is 78.0 Å². The summed E-state index contributed by atoms with van der Waals surface area (Å²) in [6.07, 6.45) is 0.349. The van der Waals surface area contributed by atoms with Crippen molar-refractivity contribution < 1.29 is 14.4 Å². The molecule has 2 aromatic carbocycles. The summed E-state index contributed by atoms with van der Waals surface area (Å²) in [5.74, 6) is -1.08. The molecule has 0 saturated carbocycles. The highest BCUT2D eigenvalue weighted by molar-refractivity contribution is 7.99. The van der Waals surface area contributed by atoms with Gasteiger partial charge in [-0.3, -0.25) is 15.0 Å². The first-order valence-electron chi connectivity index (χ1n) is 10.5. The molecule has 2 heterocycles. The molecule has 1 unspecified atom stereocenters. The first kappa shape index (κ1) is 22.5. The number of carbonyl (C=O) groups is 3. The van der Waals surface area contributed by atoms with Gasteiger partial charge in [0.1, 0.15) is 5.54 Å². The Balaban J connectivity index is 1.44. The summed E-state index contributed by atoms with van der Waals surface area (Å²) in [7, 11) is 0. The van der Waals surface area contributed by atoms with Crippen LogP contribution in [-0.2, 0) is 15.1 Å². The fraction of sp³-hybridized carbons (Fsp3) is 0.208. The summed E-state index contributed by atoms with van der Waals surface area (Å²) >= 11 is 1.14. The van der Waals surface area contributed by atoms with E-state index in [0.29, 0.717) is 17.1 Å². The zero-order valence-electron chi connectivity index (χ0n) is 18.2. The summed E-state index contributed by atoms with van der Waals surface area (Å²) in [6, 6.07) is 19.9. The number of amides is 4. The lowest BCUT2D eigenvalue weighted by Gasteiger charge is -2.25. The number of thioether (sulfide) groups is 1. The van der Waals surface area contributed by atoms with E-state index in [4.69, 9.17) is 0 Å². The quantitative estimate of drug-likeness (QED) is 0.317. The molecule has 0 aliphatic carbocycles. The Morgan fingerprint density at radius 2 is 1.73 bits per heavy atom. The van der Waals surface area contributed by atoms with Crippen molar-refractivity contribution in [1.29, 1.82) is 0 Å². The monoisotopic (exact) mass is 461 g/mol. The summed E-state index contributed by atoms with van der Waals surface area (Å²) in [6.45, 7) is 3.67. The van der Waals surface area contributed by atoms with Crippen LogP contribution in [0.3, 0.4) is 0 Å². The molecule has 9 heteroatoms. The fourth-order valence-electron chi connectivity index (χ4n) is 3.69. The second-order valence-corrected chi connectivity index (χ2v) is 8.50. The van der Waals surface area contributed by atoms with E-state index in [1.807, 2.05) is 56.3 Å². The van der Waals surface area contributed by atoms with Crippen molar-refractivity contribution in [3.63, 3.8) is 0 Å². The molecular formula is C24H23N5O3S. The van der Waals surface area contributed by atoms with Gasteiger partial charge in [0.15, 0.2) is 5.16 Å². The van der Waals surface area contributed by atoms with Crippen LogP contribution in [0.4, 0.5) is 4.79 Å². The Labute approximate surface area is 195 Å². The standard InChI is InChI=1S/C24H23N5O3S/c1-3-24(18-12-8-5-9-13-18)21(31)29(23(32)27-24)28-20(30)15-33-22-25-16(2)14-19(26-22)17-10-6-4-7-11-17/h4-14H,3,15H2,1-2H3,(H,27,32)(H,28,30). The maximum atomic E-state index is 13.1. The fourth-order valence-corrected chi connectivity index (χ4v) is 4.38. The zero-order chi connectivity index (χ0) is 23.4. The lowest BCUT2D eigenvalue weighted by atomic mass is 9.87. The molecule has 33 heavy (non-hydrogen) atoms. The van der Waals surface area contributed by atoms with Crippen LogP contribution in [0.1, 0.15) is 24.6 Å². The number of rotatable bonds is 7. The third-order valence-corrected chi connectivity index (χ3v) is 6.21. The van der Waals surface area contributed by atoms with Gasteiger partial charge < -0.3 is 5.32 Å². The van der Waals surface area contributed by atoms with Crippen molar-refractivity contribution in [3.8, 4) is 11.3 Å². The number of urea groups is 1. The smallest absolute Gasteiger partial charge is 0.318 e. The van der Waals surface area contributed by atoms with Crippen LogP contribution >= 0.6 is 11.8 Å². The van der Waals surface area contributed by atoms with Crippen LogP contribution < -0.4 is 10.7 Å². The largest absolute Gasteiger partial charge is 0.344 e. The van der Waals surface area contributed by atoms with Crippen LogP contribution in [0.25, 0.3) is 11.3 Å². The van der Waals surface area contributed by atoms with Gasteiger partial charge in [-0.05, 0) is 25.0 Å². The molecule has 4 rings (SSSR count). The van der Waals surface area contributed by atoms with Gasteiger partial charge in [-0.15, -0.1) is 0 Å². The van der Waals surface area contributed by atoms with Crippen molar-refractivity contribution >= 4 is 29.6 Å². The number of nitrogens with zero attached hydrogens (tertiary/aromatic N) is 3. The van der Waals surface area contributed by atoms with Gasteiger partial charge in [0, 0.05) is 11.3 Å². The molecule has 1 atom stereocenters. The first-order valence-corrected chi connectivity index (χ1v) is 11.5. The second-order valence-electron chi connectivity index (χ2n) is 7.56. The molecule has 1 saturated heterocycles. The first-order chi connectivity index (χ1) is 15.9. The van der Waals surface area contributed by atoms with E-state index in [0.717, 1.165) is 33.7 Å². The van der Waals surface area contributed by atoms with Crippen molar-refractivity contribution in [2.45, 2.75) is 31.0 Å². The molecule has 2 N–H and O–H groups in total. The van der Waals surface area contributed by atoms with E-state index in [9.17, 15) is 14.4 Å². The van der Waals surface area contributed by atoms with Gasteiger partial charge in [-0.2, -0.15) is 5.01 Å². The van der Waals surface area contributed by atoms with Crippen LogP contribution in [-0.4, -0.2) is 38.6 Å².